The van der Waals surface area contributed by atoms with E-state index in [1.165, 1.54) is 148 Å². The van der Waals surface area contributed by atoms with Crippen molar-refractivity contribution in [2.24, 2.45) is 11.8 Å². The Morgan fingerprint density at radius 2 is 0.750 bits per heavy atom. The maximum atomic E-state index is 12.4. The molecule has 0 radical (unpaired) electrons. The summed E-state index contributed by atoms with van der Waals surface area (Å²) in [5.74, 6) is -0.317. The van der Waals surface area contributed by atoms with E-state index < -0.39 is 11.9 Å². The molecule has 0 aliphatic heterocycles. The molecule has 0 atom stereocenters. The Morgan fingerprint density at radius 3 is 1.06 bits per heavy atom. The Balaban J connectivity index is 2.25. The second-order valence-corrected chi connectivity index (χ2v) is 15.8. The van der Waals surface area contributed by atoms with Crippen LogP contribution in [-0.2, 0) is 12.8 Å². The summed E-state index contributed by atoms with van der Waals surface area (Å²) in [6.45, 7) is 9.25. The summed E-state index contributed by atoms with van der Waals surface area (Å²) in [7, 11) is 0. The number of hydrogen-bond donors (Lipinski definition) is 2. The molecule has 0 aromatic heterocycles. The average Bonchev–Trinajstić information content (AvgIpc) is 3.04. The van der Waals surface area contributed by atoms with Gasteiger partial charge in [0.05, 0.1) is 11.1 Å². The van der Waals surface area contributed by atoms with E-state index in [-0.39, 0.29) is 11.1 Å². The maximum Gasteiger partial charge on any atom is 0.336 e. The van der Waals surface area contributed by atoms with Gasteiger partial charge in [-0.05, 0) is 54.7 Å². The van der Waals surface area contributed by atoms with Crippen LogP contribution in [0.25, 0.3) is 0 Å². The van der Waals surface area contributed by atoms with E-state index in [9.17, 15) is 19.8 Å². The van der Waals surface area contributed by atoms with Gasteiger partial charge in [0, 0.05) is 0 Å². The number of carboxylic acid groups (broad SMARTS) is 2. The van der Waals surface area contributed by atoms with Crippen molar-refractivity contribution < 1.29 is 19.8 Å². The molecule has 0 saturated heterocycles. The molecule has 0 bridgehead atoms. The molecule has 48 heavy (non-hydrogen) atoms. The van der Waals surface area contributed by atoms with E-state index in [1.54, 1.807) is 12.1 Å². The van der Waals surface area contributed by atoms with Gasteiger partial charge in [-0.25, -0.2) is 9.59 Å². The number of unbranched alkanes of at least 4 members (excludes halogenated alkanes) is 24. The summed E-state index contributed by atoms with van der Waals surface area (Å²) in [6.07, 6.45) is 37.2. The third-order valence-corrected chi connectivity index (χ3v) is 10.3. The van der Waals surface area contributed by atoms with Crippen LogP contribution in [0.1, 0.15) is 239 Å². The Morgan fingerprint density at radius 1 is 0.438 bits per heavy atom. The second kappa shape index (κ2) is 30.0. The zero-order valence-electron chi connectivity index (χ0n) is 32.2. The van der Waals surface area contributed by atoms with Crippen molar-refractivity contribution >= 4 is 11.9 Å². The van der Waals surface area contributed by atoms with Gasteiger partial charge in [-0.2, -0.15) is 0 Å². The average molecular weight is 671 g/mol. The highest BCUT2D eigenvalue weighted by atomic mass is 16.4. The van der Waals surface area contributed by atoms with Crippen molar-refractivity contribution in [3.8, 4) is 0 Å². The Labute approximate surface area is 297 Å². The maximum absolute atomic E-state index is 12.4. The van der Waals surface area contributed by atoms with Crippen LogP contribution in [-0.4, -0.2) is 22.2 Å². The Hall–Kier alpha value is -1.84. The zero-order chi connectivity index (χ0) is 35.2. The summed E-state index contributed by atoms with van der Waals surface area (Å²) in [4.78, 5) is 24.4. The van der Waals surface area contributed by atoms with E-state index >= 15 is 0 Å². The van der Waals surface area contributed by atoms with Gasteiger partial charge in [0.1, 0.15) is 0 Å². The molecule has 0 aliphatic carbocycles. The molecular weight excluding hydrogens is 592 g/mol. The molecule has 0 amide bonds. The van der Waals surface area contributed by atoms with E-state index in [4.69, 9.17) is 0 Å². The lowest BCUT2D eigenvalue weighted by atomic mass is 9.89. The van der Waals surface area contributed by atoms with Gasteiger partial charge in [-0.3, -0.25) is 0 Å². The van der Waals surface area contributed by atoms with Crippen molar-refractivity contribution in [1.29, 1.82) is 0 Å². The van der Waals surface area contributed by atoms with E-state index in [1.807, 2.05) is 0 Å². The zero-order valence-corrected chi connectivity index (χ0v) is 32.2. The molecule has 0 saturated carbocycles. The number of benzene rings is 1. The Kier molecular flexibility index (Phi) is 27.6. The largest absolute Gasteiger partial charge is 0.478 e. The van der Waals surface area contributed by atoms with E-state index in [2.05, 4.69) is 27.7 Å². The first-order chi connectivity index (χ1) is 23.2. The monoisotopic (exact) mass is 671 g/mol. The van der Waals surface area contributed by atoms with Gasteiger partial charge >= 0.3 is 11.9 Å². The molecular formula is C44H78O4. The molecule has 4 heteroatoms. The van der Waals surface area contributed by atoms with E-state index in [0.29, 0.717) is 18.4 Å². The van der Waals surface area contributed by atoms with Crippen molar-refractivity contribution in [3.05, 3.63) is 34.4 Å². The molecule has 0 unspecified atom stereocenters. The molecule has 278 valence electrons. The van der Waals surface area contributed by atoms with Gasteiger partial charge in [0.15, 0.2) is 0 Å². The second-order valence-electron chi connectivity index (χ2n) is 15.8. The Bertz CT molecular complexity index is 934. The lowest BCUT2D eigenvalue weighted by molar-refractivity contribution is 0.0694. The lowest BCUT2D eigenvalue weighted by Crippen LogP contribution is -2.13. The number of aryl methyl sites for hydroxylation is 1. The predicted molar refractivity (Wildman–Crippen MR) is 207 cm³/mol. The van der Waals surface area contributed by atoms with Crippen LogP contribution in [0.2, 0.25) is 0 Å². The van der Waals surface area contributed by atoms with E-state index in [0.717, 1.165) is 49.5 Å². The molecule has 4 nitrogen and oxygen atoms in total. The minimum atomic E-state index is -1.02. The minimum absolute atomic E-state index is 0.169. The third-order valence-electron chi connectivity index (χ3n) is 10.3. The molecule has 0 fully saturated rings. The molecule has 0 aliphatic rings. The number of aromatic carboxylic acids is 2. The van der Waals surface area contributed by atoms with Crippen LogP contribution in [0, 0.1) is 11.8 Å². The fraction of sp³-hybridized carbons (Fsp3) is 0.818. The van der Waals surface area contributed by atoms with Crippen LogP contribution in [0.3, 0.4) is 0 Å². The molecule has 1 aromatic carbocycles. The van der Waals surface area contributed by atoms with Crippen molar-refractivity contribution in [1.82, 2.24) is 0 Å². The lowest BCUT2D eigenvalue weighted by Gasteiger charge is -2.15. The topological polar surface area (TPSA) is 74.6 Å². The molecule has 1 rings (SSSR count). The minimum Gasteiger partial charge on any atom is -0.478 e. The van der Waals surface area contributed by atoms with Crippen LogP contribution in [0.4, 0.5) is 0 Å². The van der Waals surface area contributed by atoms with Crippen LogP contribution >= 0.6 is 0 Å². The third kappa shape index (κ3) is 23.5. The number of hydrogen-bond acceptors (Lipinski definition) is 2. The number of carbonyl (C=O) groups is 2. The predicted octanol–water partition coefficient (Wildman–Crippen LogP) is 14.4. The molecule has 0 spiro atoms. The van der Waals surface area contributed by atoms with Crippen LogP contribution in [0.5, 0.6) is 0 Å². The van der Waals surface area contributed by atoms with Crippen LogP contribution < -0.4 is 0 Å². The summed E-state index contributed by atoms with van der Waals surface area (Å²) < 4.78 is 0. The van der Waals surface area contributed by atoms with Gasteiger partial charge in [0.2, 0.25) is 0 Å². The SMILES string of the molecule is CC(C)CCCCCCCCCCCCCCCc1ccc(C(=O)O)c(CCCCCCCCCCCCCCCC(C)C)c1C(=O)O. The number of rotatable bonds is 34. The standard InChI is InChI=1S/C44H78O4/c1-37(2)31-27-23-19-15-11-7-5-9-13-17-21-25-29-33-39-35-36-41(43(45)46)40(42(39)44(47)48)34-30-26-22-18-14-10-6-8-12-16-20-24-28-32-38(3)4/h35-38H,5-34H2,1-4H3,(H,45,46)(H,47,48). The van der Waals surface area contributed by atoms with Crippen molar-refractivity contribution in [3.63, 3.8) is 0 Å². The van der Waals surface area contributed by atoms with Crippen molar-refractivity contribution in [2.45, 2.75) is 220 Å². The highest BCUT2D eigenvalue weighted by Gasteiger charge is 2.21. The van der Waals surface area contributed by atoms with Gasteiger partial charge in [0.25, 0.3) is 0 Å². The first kappa shape index (κ1) is 44.2. The summed E-state index contributed by atoms with van der Waals surface area (Å²) in [5.41, 5.74) is 1.77. The first-order valence-electron chi connectivity index (χ1n) is 20.8. The highest BCUT2D eigenvalue weighted by molar-refractivity contribution is 5.97. The fourth-order valence-corrected chi connectivity index (χ4v) is 7.24. The quantitative estimate of drug-likeness (QED) is 0.0716. The molecule has 1 aromatic rings. The summed E-state index contributed by atoms with van der Waals surface area (Å²) in [5, 5.41) is 20.0. The molecule has 0 heterocycles. The van der Waals surface area contributed by atoms with Crippen molar-refractivity contribution in [2.75, 3.05) is 0 Å². The van der Waals surface area contributed by atoms with Gasteiger partial charge in [-0.15, -0.1) is 0 Å². The van der Waals surface area contributed by atoms with Gasteiger partial charge in [-0.1, -0.05) is 201 Å². The smallest absolute Gasteiger partial charge is 0.336 e. The fourth-order valence-electron chi connectivity index (χ4n) is 7.24. The highest BCUT2D eigenvalue weighted by Crippen LogP contribution is 2.25. The summed E-state index contributed by atoms with van der Waals surface area (Å²) in [6, 6.07) is 3.41. The van der Waals surface area contributed by atoms with Crippen LogP contribution in [0.15, 0.2) is 12.1 Å². The first-order valence-corrected chi connectivity index (χ1v) is 20.8. The summed E-state index contributed by atoms with van der Waals surface area (Å²) >= 11 is 0. The van der Waals surface area contributed by atoms with Gasteiger partial charge < -0.3 is 10.2 Å². The number of carboxylic acids is 2. The molecule has 2 N–H and O–H groups in total. The normalized spacial score (nSPS) is 11.6.